The summed E-state index contributed by atoms with van der Waals surface area (Å²) < 4.78 is 44.6. The van der Waals surface area contributed by atoms with Gasteiger partial charge in [0.15, 0.2) is 0 Å². The molecule has 1 aliphatic carbocycles. The van der Waals surface area contributed by atoms with Crippen LogP contribution in [0.2, 0.25) is 0 Å². The smallest absolute Gasteiger partial charge is 0.264 e. The Morgan fingerprint density at radius 1 is 1.06 bits per heavy atom. The molecule has 0 radical (unpaired) electrons. The average Bonchev–Trinajstić information content (AvgIpc) is 3.14. The second-order valence-electron chi connectivity index (χ2n) is 10.5. The first-order chi connectivity index (χ1) is 17.1. The summed E-state index contributed by atoms with van der Waals surface area (Å²) in [7, 11) is 0. The third kappa shape index (κ3) is 3.22. The third-order valence-electron chi connectivity index (χ3n) is 8.33. The van der Waals surface area contributed by atoms with Gasteiger partial charge in [-0.15, -0.1) is 0 Å². The Hall–Kier alpha value is -3.32. The molecule has 2 aromatic carbocycles. The summed E-state index contributed by atoms with van der Waals surface area (Å²) in [5.74, 6) is -3.96. The molecule has 186 valence electrons. The first-order valence-corrected chi connectivity index (χ1v) is 12.4. The predicted molar refractivity (Wildman–Crippen MR) is 137 cm³/mol. The Labute approximate surface area is 209 Å². The highest BCUT2D eigenvalue weighted by Gasteiger charge is 2.84. The van der Waals surface area contributed by atoms with Crippen molar-refractivity contribution in [2.75, 3.05) is 25.4 Å². The number of anilines is 1. The van der Waals surface area contributed by atoms with E-state index in [0.29, 0.717) is 35.3 Å². The Balaban J connectivity index is 1.35. The summed E-state index contributed by atoms with van der Waals surface area (Å²) in [5, 5.41) is 3.26. The second kappa shape index (κ2) is 7.84. The van der Waals surface area contributed by atoms with Crippen molar-refractivity contribution >= 4 is 11.5 Å². The van der Waals surface area contributed by atoms with Crippen molar-refractivity contribution in [3.8, 4) is 22.3 Å². The number of piperidine rings is 1. The van der Waals surface area contributed by atoms with Crippen molar-refractivity contribution in [1.82, 2.24) is 15.2 Å². The van der Waals surface area contributed by atoms with E-state index in [0.717, 1.165) is 35.4 Å². The summed E-state index contributed by atoms with van der Waals surface area (Å²) in [6.45, 7) is 9.66. The van der Waals surface area contributed by atoms with Crippen LogP contribution in [0.15, 0.2) is 55.1 Å². The van der Waals surface area contributed by atoms with E-state index in [1.165, 1.54) is 0 Å². The standard InChI is InChI=1S/C29H29F3N4/c1-16(2)36-14-25-28(15-36,29(25,31)32)21-7-4-18(5-8-21)23-13-24(27(33)35-26(23)30)19-6-9-22-17(3)34-11-10-20(22)12-19/h4-9,12-13,16,25,34H,3,10-11,14-15H2,1-2H3,(H2,33,35). The van der Waals surface area contributed by atoms with Crippen LogP contribution in [-0.2, 0) is 11.8 Å². The van der Waals surface area contributed by atoms with Crippen molar-refractivity contribution in [3.63, 3.8) is 0 Å². The van der Waals surface area contributed by atoms with E-state index in [9.17, 15) is 13.2 Å². The van der Waals surface area contributed by atoms with Crippen molar-refractivity contribution in [3.05, 3.63) is 77.7 Å². The Morgan fingerprint density at radius 2 is 1.78 bits per heavy atom. The zero-order valence-electron chi connectivity index (χ0n) is 20.4. The van der Waals surface area contributed by atoms with Crippen LogP contribution in [0, 0.1) is 11.9 Å². The largest absolute Gasteiger partial charge is 0.385 e. The third-order valence-corrected chi connectivity index (χ3v) is 8.33. The highest BCUT2D eigenvalue weighted by molar-refractivity contribution is 5.81. The van der Waals surface area contributed by atoms with Gasteiger partial charge in [-0.25, -0.2) is 13.8 Å². The minimum Gasteiger partial charge on any atom is -0.385 e. The number of nitrogen functional groups attached to an aromatic ring is 1. The van der Waals surface area contributed by atoms with Crippen LogP contribution in [-0.4, -0.2) is 41.5 Å². The number of nitrogens with two attached hydrogens (primary N) is 1. The number of nitrogens with zero attached hydrogens (tertiary/aromatic N) is 2. The SMILES string of the molecule is C=C1NCCc2cc(-c3cc(-c4ccc(C56CN(C(C)C)CC5C6(F)F)cc4)c(F)nc3N)ccc21. The number of aromatic nitrogens is 1. The molecule has 4 nitrogen and oxygen atoms in total. The van der Waals surface area contributed by atoms with Gasteiger partial charge in [-0.2, -0.15) is 4.39 Å². The first-order valence-electron chi connectivity index (χ1n) is 12.4. The predicted octanol–water partition coefficient (Wildman–Crippen LogP) is 5.48. The minimum absolute atomic E-state index is 0.111. The molecule has 2 atom stereocenters. The van der Waals surface area contributed by atoms with Gasteiger partial charge in [-0.1, -0.05) is 49.0 Å². The molecule has 0 bridgehead atoms. The number of alkyl halides is 2. The fraction of sp³-hybridized carbons (Fsp3) is 0.345. The van der Waals surface area contributed by atoms with Gasteiger partial charge >= 0.3 is 0 Å². The van der Waals surface area contributed by atoms with Gasteiger partial charge in [0.25, 0.3) is 5.92 Å². The first kappa shape index (κ1) is 23.1. The molecule has 6 rings (SSSR count). The summed E-state index contributed by atoms with van der Waals surface area (Å²) in [5.41, 5.74) is 11.0. The molecule has 1 saturated heterocycles. The fourth-order valence-corrected chi connectivity index (χ4v) is 6.11. The van der Waals surface area contributed by atoms with Gasteiger partial charge in [-0.05, 0) is 48.6 Å². The molecule has 36 heavy (non-hydrogen) atoms. The monoisotopic (exact) mass is 490 g/mol. The molecule has 1 saturated carbocycles. The second-order valence-corrected chi connectivity index (χ2v) is 10.5. The molecular formula is C29H29F3N4. The average molecular weight is 491 g/mol. The van der Waals surface area contributed by atoms with Crippen molar-refractivity contribution in [1.29, 1.82) is 0 Å². The molecule has 3 N–H and O–H groups in total. The molecule has 3 aromatic rings. The molecule has 2 fully saturated rings. The van der Waals surface area contributed by atoms with Crippen LogP contribution in [0.1, 0.15) is 30.5 Å². The van der Waals surface area contributed by atoms with Gasteiger partial charge in [0, 0.05) is 48.1 Å². The maximum Gasteiger partial charge on any atom is 0.264 e. The zero-order valence-corrected chi connectivity index (χ0v) is 20.4. The Bertz CT molecular complexity index is 1380. The van der Waals surface area contributed by atoms with E-state index in [4.69, 9.17) is 5.73 Å². The molecule has 3 aliphatic rings. The van der Waals surface area contributed by atoms with E-state index < -0.39 is 23.2 Å². The van der Waals surface area contributed by atoms with Crippen LogP contribution in [0.5, 0.6) is 0 Å². The minimum atomic E-state index is -2.71. The molecule has 0 amide bonds. The number of hydrogen-bond donors (Lipinski definition) is 2. The lowest BCUT2D eigenvalue weighted by molar-refractivity contribution is 0.0383. The van der Waals surface area contributed by atoms with Crippen LogP contribution in [0.4, 0.5) is 19.0 Å². The maximum absolute atomic E-state index is 15.0. The lowest BCUT2D eigenvalue weighted by Gasteiger charge is -2.27. The van der Waals surface area contributed by atoms with Crippen LogP contribution in [0.3, 0.4) is 0 Å². The van der Waals surface area contributed by atoms with Gasteiger partial charge in [0.05, 0.1) is 11.3 Å². The highest BCUT2D eigenvalue weighted by Crippen LogP contribution is 2.70. The Kier molecular flexibility index (Phi) is 5.03. The number of halogens is 3. The number of rotatable bonds is 4. The normalized spacial score (nSPS) is 24.4. The van der Waals surface area contributed by atoms with E-state index in [-0.39, 0.29) is 11.9 Å². The molecule has 2 aliphatic heterocycles. The molecule has 7 heteroatoms. The molecule has 2 unspecified atom stereocenters. The maximum atomic E-state index is 15.0. The summed E-state index contributed by atoms with van der Waals surface area (Å²) in [6, 6.07) is 14.8. The summed E-state index contributed by atoms with van der Waals surface area (Å²) >= 11 is 0. The summed E-state index contributed by atoms with van der Waals surface area (Å²) in [4.78, 5) is 6.09. The van der Waals surface area contributed by atoms with Crippen molar-refractivity contribution in [2.24, 2.45) is 5.92 Å². The Morgan fingerprint density at radius 3 is 2.50 bits per heavy atom. The van der Waals surface area contributed by atoms with Crippen molar-refractivity contribution in [2.45, 2.75) is 37.6 Å². The molecule has 1 aromatic heterocycles. The quantitative estimate of drug-likeness (QED) is 0.476. The number of fused-ring (bicyclic) bond motifs is 2. The highest BCUT2D eigenvalue weighted by atomic mass is 19.3. The van der Waals surface area contributed by atoms with Crippen LogP contribution in [0.25, 0.3) is 28.0 Å². The van der Waals surface area contributed by atoms with Crippen LogP contribution >= 0.6 is 0 Å². The van der Waals surface area contributed by atoms with Gasteiger partial charge in [-0.3, -0.25) is 4.90 Å². The van der Waals surface area contributed by atoms with Gasteiger partial charge < -0.3 is 11.1 Å². The van der Waals surface area contributed by atoms with E-state index in [2.05, 4.69) is 27.8 Å². The van der Waals surface area contributed by atoms with Crippen molar-refractivity contribution < 1.29 is 13.2 Å². The number of hydrogen-bond acceptors (Lipinski definition) is 4. The molecular weight excluding hydrogens is 461 g/mol. The van der Waals surface area contributed by atoms with Gasteiger partial charge in [0.2, 0.25) is 5.95 Å². The van der Waals surface area contributed by atoms with Gasteiger partial charge in [0.1, 0.15) is 5.82 Å². The van der Waals surface area contributed by atoms with Crippen LogP contribution < -0.4 is 11.1 Å². The lowest BCUT2D eigenvalue weighted by Crippen LogP contribution is -2.37. The number of likely N-dealkylation sites (tertiary alicyclic amines) is 1. The number of pyridine rings is 1. The van der Waals surface area contributed by atoms with E-state index in [1.807, 2.05) is 26.0 Å². The zero-order chi connectivity index (χ0) is 25.4. The topological polar surface area (TPSA) is 54.2 Å². The summed E-state index contributed by atoms with van der Waals surface area (Å²) in [6.07, 6.45) is 0.854. The molecule has 3 heterocycles. The number of benzene rings is 2. The lowest BCUT2D eigenvalue weighted by atomic mass is 9.91. The number of nitrogens with one attached hydrogen (secondary N) is 1. The van der Waals surface area contributed by atoms with E-state index >= 15 is 0 Å². The van der Waals surface area contributed by atoms with E-state index in [1.54, 1.807) is 30.3 Å². The fourth-order valence-electron chi connectivity index (χ4n) is 6.11. The molecule has 0 spiro atoms.